The van der Waals surface area contributed by atoms with Crippen LogP contribution in [0.4, 0.5) is 0 Å². The van der Waals surface area contributed by atoms with Crippen LogP contribution in [-0.4, -0.2) is 22.1 Å². The van der Waals surface area contributed by atoms with E-state index < -0.39 is 0 Å². The van der Waals surface area contributed by atoms with E-state index in [2.05, 4.69) is 10.3 Å². The molecule has 2 N–H and O–H groups in total. The second kappa shape index (κ2) is 4.96. The van der Waals surface area contributed by atoms with Crippen LogP contribution in [0.1, 0.15) is 24.4 Å². The smallest absolute Gasteiger partial charge is 0.137 e. The van der Waals surface area contributed by atoms with Crippen molar-refractivity contribution in [1.82, 2.24) is 15.0 Å². The van der Waals surface area contributed by atoms with E-state index in [1.54, 1.807) is 23.9 Å². The van der Waals surface area contributed by atoms with E-state index in [-0.39, 0.29) is 6.04 Å². The molecular weight excluding hydrogens is 252 g/mol. The first-order chi connectivity index (χ1) is 8.54. The van der Waals surface area contributed by atoms with Gasteiger partial charge in [-0.05, 0) is 32.0 Å². The van der Waals surface area contributed by atoms with Gasteiger partial charge < -0.3 is 10.5 Å². The van der Waals surface area contributed by atoms with Gasteiger partial charge in [-0.15, -0.1) is 5.10 Å². The number of nitrogens with two attached hydrogens (primary N) is 1. The minimum Gasteiger partial charge on any atom is -0.495 e. The van der Waals surface area contributed by atoms with E-state index in [0.717, 1.165) is 17.1 Å². The van der Waals surface area contributed by atoms with Crippen LogP contribution < -0.4 is 10.5 Å². The Morgan fingerprint density at radius 1 is 1.44 bits per heavy atom. The molecule has 96 valence electrons. The van der Waals surface area contributed by atoms with Crippen LogP contribution in [0.2, 0.25) is 5.02 Å². The van der Waals surface area contributed by atoms with Crippen LogP contribution in [-0.2, 0) is 0 Å². The van der Waals surface area contributed by atoms with Crippen LogP contribution >= 0.6 is 11.6 Å². The Morgan fingerprint density at radius 2 is 2.17 bits per heavy atom. The standard InChI is InChI=1S/C12H15ClN4O/c1-7(14)12-8(2)17(16-15-12)9-4-5-11(18-3)10(13)6-9/h4-7H,14H2,1-3H3. The zero-order valence-electron chi connectivity index (χ0n) is 10.5. The normalized spacial score (nSPS) is 12.5. The van der Waals surface area contributed by atoms with Gasteiger partial charge in [0.25, 0.3) is 0 Å². The molecule has 0 saturated heterocycles. The highest BCUT2D eigenvalue weighted by Gasteiger charge is 2.14. The summed E-state index contributed by atoms with van der Waals surface area (Å²) < 4.78 is 6.82. The van der Waals surface area contributed by atoms with E-state index in [1.165, 1.54) is 0 Å². The maximum atomic E-state index is 6.09. The number of hydrogen-bond donors (Lipinski definition) is 1. The summed E-state index contributed by atoms with van der Waals surface area (Å²) in [5.41, 5.74) is 8.34. The zero-order valence-corrected chi connectivity index (χ0v) is 11.3. The highest BCUT2D eigenvalue weighted by molar-refractivity contribution is 6.32. The van der Waals surface area contributed by atoms with Gasteiger partial charge in [-0.1, -0.05) is 16.8 Å². The summed E-state index contributed by atoms with van der Waals surface area (Å²) in [6, 6.07) is 5.31. The maximum Gasteiger partial charge on any atom is 0.137 e. The summed E-state index contributed by atoms with van der Waals surface area (Å²) >= 11 is 6.09. The van der Waals surface area contributed by atoms with Gasteiger partial charge in [0.05, 0.1) is 23.5 Å². The second-order valence-electron chi connectivity index (χ2n) is 4.08. The number of aromatic nitrogens is 3. The predicted molar refractivity (Wildman–Crippen MR) is 70.3 cm³/mol. The molecule has 1 atom stereocenters. The lowest BCUT2D eigenvalue weighted by Crippen LogP contribution is -2.08. The van der Waals surface area contributed by atoms with Crippen molar-refractivity contribution in [3.05, 3.63) is 34.6 Å². The zero-order chi connectivity index (χ0) is 13.3. The van der Waals surface area contributed by atoms with Gasteiger partial charge in [0.2, 0.25) is 0 Å². The van der Waals surface area contributed by atoms with Crippen LogP contribution in [0.15, 0.2) is 18.2 Å². The molecule has 6 heteroatoms. The van der Waals surface area contributed by atoms with Gasteiger partial charge in [0.1, 0.15) is 11.4 Å². The van der Waals surface area contributed by atoms with E-state index in [4.69, 9.17) is 22.1 Å². The van der Waals surface area contributed by atoms with Gasteiger partial charge in [0, 0.05) is 6.04 Å². The molecule has 0 amide bonds. The lowest BCUT2D eigenvalue weighted by Gasteiger charge is -2.08. The van der Waals surface area contributed by atoms with Crippen molar-refractivity contribution in [2.75, 3.05) is 7.11 Å². The van der Waals surface area contributed by atoms with Crippen molar-refractivity contribution in [2.24, 2.45) is 5.73 Å². The molecule has 0 aliphatic rings. The van der Waals surface area contributed by atoms with Crippen molar-refractivity contribution in [3.8, 4) is 11.4 Å². The molecule has 1 unspecified atom stereocenters. The van der Waals surface area contributed by atoms with E-state index >= 15 is 0 Å². The van der Waals surface area contributed by atoms with E-state index in [1.807, 2.05) is 19.9 Å². The van der Waals surface area contributed by atoms with Crippen molar-refractivity contribution in [3.63, 3.8) is 0 Å². The molecule has 2 rings (SSSR count). The summed E-state index contributed by atoms with van der Waals surface area (Å²) in [5.74, 6) is 0.630. The molecule has 0 aliphatic carbocycles. The molecule has 1 aromatic carbocycles. The van der Waals surface area contributed by atoms with Gasteiger partial charge in [-0.25, -0.2) is 4.68 Å². The molecule has 0 aliphatic heterocycles. The fourth-order valence-corrected chi connectivity index (χ4v) is 2.05. The predicted octanol–water partition coefficient (Wildman–Crippen LogP) is 2.26. The summed E-state index contributed by atoms with van der Waals surface area (Å²) in [6.45, 7) is 3.80. The maximum absolute atomic E-state index is 6.09. The molecule has 18 heavy (non-hydrogen) atoms. The summed E-state index contributed by atoms with van der Waals surface area (Å²) in [7, 11) is 1.58. The molecule has 0 bridgehead atoms. The Balaban J connectivity index is 2.46. The first-order valence-corrected chi connectivity index (χ1v) is 5.94. The Labute approximate surface area is 111 Å². The van der Waals surface area contributed by atoms with Crippen molar-refractivity contribution in [1.29, 1.82) is 0 Å². The lowest BCUT2D eigenvalue weighted by atomic mass is 10.2. The number of benzene rings is 1. The summed E-state index contributed by atoms with van der Waals surface area (Å²) in [4.78, 5) is 0. The lowest BCUT2D eigenvalue weighted by molar-refractivity contribution is 0.415. The number of nitrogens with zero attached hydrogens (tertiary/aromatic N) is 3. The fraction of sp³-hybridized carbons (Fsp3) is 0.333. The van der Waals surface area contributed by atoms with Gasteiger partial charge >= 0.3 is 0 Å². The van der Waals surface area contributed by atoms with Crippen molar-refractivity contribution in [2.45, 2.75) is 19.9 Å². The van der Waals surface area contributed by atoms with Crippen molar-refractivity contribution >= 4 is 11.6 Å². The first-order valence-electron chi connectivity index (χ1n) is 5.56. The third-order valence-corrected chi connectivity index (χ3v) is 3.04. The van der Waals surface area contributed by atoms with Crippen molar-refractivity contribution < 1.29 is 4.74 Å². The molecule has 1 heterocycles. The second-order valence-corrected chi connectivity index (χ2v) is 4.49. The first kappa shape index (κ1) is 12.9. The van der Waals surface area contributed by atoms with E-state index in [0.29, 0.717) is 10.8 Å². The third-order valence-electron chi connectivity index (χ3n) is 2.74. The van der Waals surface area contributed by atoms with Gasteiger partial charge in [-0.2, -0.15) is 0 Å². The Bertz CT molecular complexity index is 565. The van der Waals surface area contributed by atoms with Gasteiger partial charge in [0.15, 0.2) is 0 Å². The monoisotopic (exact) mass is 266 g/mol. The van der Waals surface area contributed by atoms with Crippen LogP contribution in [0, 0.1) is 6.92 Å². The quantitative estimate of drug-likeness (QED) is 0.925. The largest absolute Gasteiger partial charge is 0.495 e. The van der Waals surface area contributed by atoms with Crippen LogP contribution in [0.3, 0.4) is 0 Å². The minimum absolute atomic E-state index is 0.146. The number of methoxy groups -OCH3 is 1. The molecule has 5 nitrogen and oxygen atoms in total. The highest BCUT2D eigenvalue weighted by atomic mass is 35.5. The van der Waals surface area contributed by atoms with Gasteiger partial charge in [-0.3, -0.25) is 0 Å². The molecule has 0 fully saturated rings. The molecule has 0 spiro atoms. The Hall–Kier alpha value is -1.59. The highest BCUT2D eigenvalue weighted by Crippen LogP contribution is 2.27. The number of hydrogen-bond acceptors (Lipinski definition) is 4. The Kier molecular flexibility index (Phi) is 3.54. The van der Waals surface area contributed by atoms with Crippen LogP contribution in [0.5, 0.6) is 5.75 Å². The number of rotatable bonds is 3. The molecule has 0 radical (unpaired) electrons. The number of ether oxygens (including phenoxy) is 1. The fourth-order valence-electron chi connectivity index (χ4n) is 1.79. The molecular formula is C12H15ClN4O. The molecule has 0 saturated carbocycles. The molecule has 1 aromatic heterocycles. The molecule has 2 aromatic rings. The number of halogens is 1. The third kappa shape index (κ3) is 2.19. The minimum atomic E-state index is -0.146. The Morgan fingerprint density at radius 3 is 2.67 bits per heavy atom. The SMILES string of the molecule is COc1ccc(-n2nnc(C(C)N)c2C)cc1Cl. The average Bonchev–Trinajstić information content (AvgIpc) is 2.71. The summed E-state index contributed by atoms with van der Waals surface area (Å²) in [6.07, 6.45) is 0. The van der Waals surface area contributed by atoms with E-state index in [9.17, 15) is 0 Å². The summed E-state index contributed by atoms with van der Waals surface area (Å²) in [5, 5.41) is 8.70. The van der Waals surface area contributed by atoms with Crippen LogP contribution in [0.25, 0.3) is 5.69 Å². The average molecular weight is 267 g/mol. The topological polar surface area (TPSA) is 66.0 Å².